The highest BCUT2D eigenvalue weighted by molar-refractivity contribution is 9.10. The molecule has 94 valence electrons. The zero-order chi connectivity index (χ0) is 12.1. The molecule has 1 fully saturated rings. The number of hydrogen-bond acceptors (Lipinski definition) is 2. The summed E-state index contributed by atoms with van der Waals surface area (Å²) in [5.41, 5.74) is 1.35. The van der Waals surface area contributed by atoms with Crippen molar-refractivity contribution in [3.63, 3.8) is 0 Å². The van der Waals surface area contributed by atoms with Gasteiger partial charge in [-0.1, -0.05) is 28.1 Å². The molecule has 1 heterocycles. The predicted octanol–water partition coefficient (Wildman–Crippen LogP) is 3.67. The molecule has 0 spiro atoms. The van der Waals surface area contributed by atoms with E-state index in [2.05, 4.69) is 52.4 Å². The Hall–Kier alpha value is -0.380. The first-order chi connectivity index (χ1) is 8.25. The van der Waals surface area contributed by atoms with Crippen molar-refractivity contribution in [2.24, 2.45) is 0 Å². The fourth-order valence-electron chi connectivity index (χ4n) is 2.27. The molecular formula is C14H20BrNO. The van der Waals surface area contributed by atoms with E-state index < -0.39 is 0 Å². The monoisotopic (exact) mass is 297 g/mol. The summed E-state index contributed by atoms with van der Waals surface area (Å²) in [5, 5.41) is 3.70. The van der Waals surface area contributed by atoms with E-state index in [1.165, 1.54) is 18.4 Å². The molecule has 1 N–H and O–H groups in total. The van der Waals surface area contributed by atoms with Gasteiger partial charge in [-0.15, -0.1) is 0 Å². The van der Waals surface area contributed by atoms with Crippen molar-refractivity contribution in [3.8, 4) is 0 Å². The maximum atomic E-state index is 5.48. The van der Waals surface area contributed by atoms with Crippen molar-refractivity contribution < 1.29 is 4.74 Å². The summed E-state index contributed by atoms with van der Waals surface area (Å²) in [5.74, 6) is 0. The number of rotatable bonds is 3. The molecule has 2 atom stereocenters. The minimum absolute atomic E-state index is 0.409. The molecule has 2 rings (SSSR count). The van der Waals surface area contributed by atoms with Gasteiger partial charge >= 0.3 is 0 Å². The molecule has 2 nitrogen and oxygen atoms in total. The SMILES string of the molecule is C[C@@H](NC1CCCOCC1)c1ccc(Br)cc1. The van der Waals surface area contributed by atoms with Gasteiger partial charge in [-0.25, -0.2) is 0 Å². The van der Waals surface area contributed by atoms with Gasteiger partial charge in [0.05, 0.1) is 0 Å². The van der Waals surface area contributed by atoms with Gasteiger partial charge in [0.15, 0.2) is 0 Å². The van der Waals surface area contributed by atoms with Crippen LogP contribution in [0.4, 0.5) is 0 Å². The van der Waals surface area contributed by atoms with Crippen LogP contribution in [-0.2, 0) is 4.74 Å². The molecule has 0 bridgehead atoms. The molecule has 1 aliphatic rings. The average Bonchev–Trinajstić information content (AvgIpc) is 2.58. The van der Waals surface area contributed by atoms with Gasteiger partial charge in [-0.2, -0.15) is 0 Å². The summed E-state index contributed by atoms with van der Waals surface area (Å²) in [7, 11) is 0. The summed E-state index contributed by atoms with van der Waals surface area (Å²) in [4.78, 5) is 0. The number of nitrogens with one attached hydrogen (secondary N) is 1. The average molecular weight is 298 g/mol. The summed E-state index contributed by atoms with van der Waals surface area (Å²) in [6.07, 6.45) is 3.52. The third kappa shape index (κ3) is 4.09. The molecule has 1 unspecified atom stereocenters. The minimum atomic E-state index is 0.409. The third-order valence-electron chi connectivity index (χ3n) is 3.31. The maximum Gasteiger partial charge on any atom is 0.0480 e. The van der Waals surface area contributed by atoms with Crippen LogP contribution in [0.25, 0.3) is 0 Å². The zero-order valence-electron chi connectivity index (χ0n) is 10.3. The largest absolute Gasteiger partial charge is 0.381 e. The van der Waals surface area contributed by atoms with E-state index in [1.54, 1.807) is 0 Å². The minimum Gasteiger partial charge on any atom is -0.381 e. The Labute approximate surface area is 112 Å². The van der Waals surface area contributed by atoms with Gasteiger partial charge in [-0.05, 0) is 43.9 Å². The fourth-order valence-corrected chi connectivity index (χ4v) is 2.54. The van der Waals surface area contributed by atoms with E-state index in [-0.39, 0.29) is 0 Å². The molecule has 0 saturated carbocycles. The summed E-state index contributed by atoms with van der Waals surface area (Å²) >= 11 is 3.47. The highest BCUT2D eigenvalue weighted by Crippen LogP contribution is 2.19. The lowest BCUT2D eigenvalue weighted by Crippen LogP contribution is -2.31. The molecule has 3 heteroatoms. The molecule has 1 aromatic rings. The van der Waals surface area contributed by atoms with Crippen LogP contribution < -0.4 is 5.32 Å². The maximum absolute atomic E-state index is 5.48. The van der Waals surface area contributed by atoms with Crippen molar-refractivity contribution in [3.05, 3.63) is 34.3 Å². The van der Waals surface area contributed by atoms with E-state index in [0.717, 1.165) is 24.1 Å². The highest BCUT2D eigenvalue weighted by Gasteiger charge is 2.15. The molecule has 1 aliphatic heterocycles. The topological polar surface area (TPSA) is 21.3 Å². The number of ether oxygens (including phenoxy) is 1. The Bertz CT molecular complexity index is 331. The van der Waals surface area contributed by atoms with Crippen LogP contribution in [0.15, 0.2) is 28.7 Å². The van der Waals surface area contributed by atoms with Crippen LogP contribution >= 0.6 is 15.9 Å². The molecule has 1 saturated heterocycles. The van der Waals surface area contributed by atoms with Crippen molar-refractivity contribution in [2.45, 2.75) is 38.3 Å². The second-order valence-corrected chi connectivity index (χ2v) is 5.60. The van der Waals surface area contributed by atoms with Gasteiger partial charge in [-0.3, -0.25) is 0 Å². The lowest BCUT2D eigenvalue weighted by molar-refractivity contribution is 0.142. The standard InChI is InChI=1S/C14H20BrNO/c1-11(12-4-6-13(15)7-5-12)16-14-3-2-9-17-10-8-14/h4-7,11,14,16H,2-3,8-10H2,1H3/t11-,14?/m1/s1. The van der Waals surface area contributed by atoms with Crippen LogP contribution in [-0.4, -0.2) is 19.3 Å². The molecule has 17 heavy (non-hydrogen) atoms. The van der Waals surface area contributed by atoms with E-state index in [1.807, 2.05) is 0 Å². The number of hydrogen-bond donors (Lipinski definition) is 1. The first-order valence-electron chi connectivity index (χ1n) is 6.35. The second kappa shape index (κ2) is 6.53. The van der Waals surface area contributed by atoms with E-state index in [0.29, 0.717) is 12.1 Å². The van der Waals surface area contributed by atoms with E-state index in [9.17, 15) is 0 Å². The van der Waals surface area contributed by atoms with Crippen molar-refractivity contribution in [1.29, 1.82) is 0 Å². The Morgan fingerprint density at radius 1 is 1.24 bits per heavy atom. The van der Waals surface area contributed by atoms with Crippen LogP contribution in [0, 0.1) is 0 Å². The summed E-state index contributed by atoms with van der Waals surface area (Å²) in [6.45, 7) is 4.05. The Morgan fingerprint density at radius 2 is 2.00 bits per heavy atom. The predicted molar refractivity (Wildman–Crippen MR) is 74.2 cm³/mol. The lowest BCUT2D eigenvalue weighted by atomic mass is 10.0. The number of benzene rings is 1. The van der Waals surface area contributed by atoms with E-state index in [4.69, 9.17) is 4.74 Å². The first-order valence-corrected chi connectivity index (χ1v) is 7.14. The van der Waals surface area contributed by atoms with Gasteiger partial charge in [0.25, 0.3) is 0 Å². The first kappa shape index (κ1) is 13.1. The molecule has 0 amide bonds. The van der Waals surface area contributed by atoms with Gasteiger partial charge in [0, 0.05) is 29.8 Å². The Kier molecular flexibility index (Phi) is 5.01. The van der Waals surface area contributed by atoms with Crippen molar-refractivity contribution >= 4 is 15.9 Å². The fraction of sp³-hybridized carbons (Fsp3) is 0.571. The van der Waals surface area contributed by atoms with E-state index >= 15 is 0 Å². The Balaban J connectivity index is 1.91. The zero-order valence-corrected chi connectivity index (χ0v) is 11.9. The molecule has 0 aromatic heterocycles. The Morgan fingerprint density at radius 3 is 2.76 bits per heavy atom. The molecular weight excluding hydrogens is 278 g/mol. The third-order valence-corrected chi connectivity index (χ3v) is 3.84. The lowest BCUT2D eigenvalue weighted by Gasteiger charge is -2.22. The molecule has 0 radical (unpaired) electrons. The van der Waals surface area contributed by atoms with Crippen LogP contribution in [0.3, 0.4) is 0 Å². The summed E-state index contributed by atoms with van der Waals surface area (Å²) < 4.78 is 6.62. The second-order valence-electron chi connectivity index (χ2n) is 4.68. The number of halogens is 1. The van der Waals surface area contributed by atoms with Crippen LogP contribution in [0.1, 0.15) is 37.8 Å². The van der Waals surface area contributed by atoms with Crippen LogP contribution in [0.5, 0.6) is 0 Å². The van der Waals surface area contributed by atoms with Gasteiger partial charge in [0.2, 0.25) is 0 Å². The van der Waals surface area contributed by atoms with Gasteiger partial charge < -0.3 is 10.1 Å². The van der Waals surface area contributed by atoms with Crippen molar-refractivity contribution in [2.75, 3.05) is 13.2 Å². The normalized spacial score (nSPS) is 23.1. The summed E-state index contributed by atoms with van der Waals surface area (Å²) in [6, 6.07) is 9.56. The van der Waals surface area contributed by atoms with Gasteiger partial charge in [0.1, 0.15) is 0 Å². The smallest absolute Gasteiger partial charge is 0.0480 e. The van der Waals surface area contributed by atoms with Crippen molar-refractivity contribution in [1.82, 2.24) is 5.32 Å². The van der Waals surface area contributed by atoms with Crippen LogP contribution in [0.2, 0.25) is 0 Å². The molecule has 0 aliphatic carbocycles. The molecule has 1 aromatic carbocycles. The highest BCUT2D eigenvalue weighted by atomic mass is 79.9. The quantitative estimate of drug-likeness (QED) is 0.919.